The zero-order valence-corrected chi connectivity index (χ0v) is 13.6. The number of nitrogens with zero attached hydrogens (tertiary/aromatic N) is 2. The van der Waals surface area contributed by atoms with Crippen LogP contribution in [0.1, 0.15) is 22.5 Å². The number of likely N-dealkylation sites (tertiary alicyclic amines) is 1. The lowest BCUT2D eigenvalue weighted by Gasteiger charge is -2.22. The van der Waals surface area contributed by atoms with E-state index in [4.69, 9.17) is 0 Å². The number of halogens is 3. The van der Waals surface area contributed by atoms with Crippen molar-refractivity contribution in [3.63, 3.8) is 0 Å². The second-order valence-electron chi connectivity index (χ2n) is 6.19. The van der Waals surface area contributed by atoms with Gasteiger partial charge >= 0.3 is 6.18 Å². The Morgan fingerprint density at radius 2 is 1.96 bits per heavy atom. The van der Waals surface area contributed by atoms with Gasteiger partial charge in [0.25, 0.3) is 5.91 Å². The first-order valence-corrected chi connectivity index (χ1v) is 8.03. The Kier molecular flexibility index (Phi) is 4.97. The molecule has 138 valence electrons. The van der Waals surface area contributed by atoms with Crippen molar-refractivity contribution in [1.29, 1.82) is 0 Å². The quantitative estimate of drug-likeness (QED) is 0.875. The summed E-state index contributed by atoms with van der Waals surface area (Å²) in [6.07, 6.45) is -3.55. The van der Waals surface area contributed by atoms with Gasteiger partial charge in [-0.25, -0.2) is 0 Å². The summed E-state index contributed by atoms with van der Waals surface area (Å²) in [6, 6.07) is 7.25. The topological polar surface area (TPSA) is 73.7 Å². The highest BCUT2D eigenvalue weighted by Crippen LogP contribution is 2.32. The summed E-state index contributed by atoms with van der Waals surface area (Å²) in [5.74, 6) is -0.477. The molecule has 1 fully saturated rings. The minimum absolute atomic E-state index is 0.0486. The number of amides is 1. The van der Waals surface area contributed by atoms with E-state index in [9.17, 15) is 28.2 Å². The summed E-state index contributed by atoms with van der Waals surface area (Å²) >= 11 is 0. The average molecular weight is 366 g/mol. The SMILES string of the molecule is O=C(c1cc(-c2cccc(C(F)(F)F)c2)ccn1)N1C[C@@H](O)C[C@H]1CO. The molecule has 2 N–H and O–H groups in total. The van der Waals surface area contributed by atoms with Crippen molar-refractivity contribution in [1.82, 2.24) is 9.88 Å². The standard InChI is InChI=1S/C18H17F3N2O3/c19-18(20,21)13-3-1-2-11(6-13)12-4-5-22-16(7-12)17(26)23-9-15(25)8-14(23)10-24/h1-7,14-15,24-25H,8-10H2/t14-,15-/m0/s1. The minimum atomic E-state index is -4.46. The summed E-state index contributed by atoms with van der Waals surface area (Å²) in [5, 5.41) is 19.1. The minimum Gasteiger partial charge on any atom is -0.394 e. The van der Waals surface area contributed by atoms with E-state index in [2.05, 4.69) is 4.98 Å². The number of benzene rings is 1. The molecule has 1 aliphatic heterocycles. The molecule has 2 heterocycles. The number of hydrogen-bond donors (Lipinski definition) is 2. The van der Waals surface area contributed by atoms with E-state index < -0.39 is 29.8 Å². The van der Waals surface area contributed by atoms with E-state index >= 15 is 0 Å². The molecule has 0 spiro atoms. The lowest BCUT2D eigenvalue weighted by atomic mass is 10.0. The van der Waals surface area contributed by atoms with Crippen LogP contribution in [0.5, 0.6) is 0 Å². The van der Waals surface area contributed by atoms with Crippen molar-refractivity contribution in [2.75, 3.05) is 13.2 Å². The average Bonchev–Trinajstić information content (AvgIpc) is 3.01. The van der Waals surface area contributed by atoms with E-state index in [0.717, 1.165) is 12.1 Å². The first-order chi connectivity index (χ1) is 12.3. The van der Waals surface area contributed by atoms with Crippen molar-refractivity contribution in [3.05, 3.63) is 53.9 Å². The fourth-order valence-corrected chi connectivity index (χ4v) is 3.06. The third-order valence-electron chi connectivity index (χ3n) is 4.37. The van der Waals surface area contributed by atoms with Gasteiger partial charge in [-0.05, 0) is 41.8 Å². The second kappa shape index (κ2) is 7.05. The third kappa shape index (κ3) is 3.71. The number of aromatic nitrogens is 1. The van der Waals surface area contributed by atoms with E-state index in [1.165, 1.54) is 35.4 Å². The molecule has 1 aliphatic rings. The molecule has 0 unspecified atom stereocenters. The van der Waals surface area contributed by atoms with Gasteiger partial charge in [0.1, 0.15) is 5.69 Å². The number of carbonyl (C=O) groups is 1. The lowest BCUT2D eigenvalue weighted by molar-refractivity contribution is -0.137. The molecular formula is C18H17F3N2O3. The molecule has 0 bridgehead atoms. The zero-order valence-electron chi connectivity index (χ0n) is 13.6. The van der Waals surface area contributed by atoms with Crippen LogP contribution < -0.4 is 0 Å². The fraction of sp³-hybridized carbons (Fsp3) is 0.333. The van der Waals surface area contributed by atoms with Crippen LogP contribution in [0.15, 0.2) is 42.6 Å². The van der Waals surface area contributed by atoms with Gasteiger partial charge in [-0.2, -0.15) is 13.2 Å². The first kappa shape index (κ1) is 18.3. The van der Waals surface area contributed by atoms with Gasteiger partial charge in [-0.1, -0.05) is 12.1 Å². The molecule has 0 aliphatic carbocycles. The molecule has 1 aromatic heterocycles. The van der Waals surface area contributed by atoms with Crippen LogP contribution in [-0.4, -0.2) is 51.3 Å². The van der Waals surface area contributed by atoms with Crippen molar-refractivity contribution in [2.24, 2.45) is 0 Å². The molecule has 0 radical (unpaired) electrons. The molecule has 1 saturated heterocycles. The number of pyridine rings is 1. The third-order valence-corrected chi connectivity index (χ3v) is 4.37. The fourth-order valence-electron chi connectivity index (χ4n) is 3.06. The van der Waals surface area contributed by atoms with Crippen LogP contribution in [0, 0.1) is 0 Å². The van der Waals surface area contributed by atoms with Gasteiger partial charge < -0.3 is 15.1 Å². The number of aliphatic hydroxyl groups excluding tert-OH is 2. The van der Waals surface area contributed by atoms with Crippen LogP contribution in [0.2, 0.25) is 0 Å². The Morgan fingerprint density at radius 3 is 2.65 bits per heavy atom. The second-order valence-corrected chi connectivity index (χ2v) is 6.19. The summed E-state index contributed by atoms with van der Waals surface area (Å²) < 4.78 is 38.7. The molecule has 1 amide bonds. The number of hydrogen-bond acceptors (Lipinski definition) is 4. The van der Waals surface area contributed by atoms with Gasteiger partial charge in [-0.15, -0.1) is 0 Å². The Hall–Kier alpha value is -2.45. The van der Waals surface area contributed by atoms with Gasteiger partial charge in [0.15, 0.2) is 0 Å². The van der Waals surface area contributed by atoms with E-state index in [-0.39, 0.29) is 25.3 Å². The lowest BCUT2D eigenvalue weighted by Crippen LogP contribution is -2.38. The maximum Gasteiger partial charge on any atom is 0.416 e. The Morgan fingerprint density at radius 1 is 1.23 bits per heavy atom. The van der Waals surface area contributed by atoms with Crippen molar-refractivity contribution in [3.8, 4) is 11.1 Å². The first-order valence-electron chi connectivity index (χ1n) is 8.03. The molecule has 0 saturated carbocycles. The van der Waals surface area contributed by atoms with Gasteiger partial charge in [0.2, 0.25) is 0 Å². The molecule has 3 rings (SSSR count). The van der Waals surface area contributed by atoms with Crippen LogP contribution >= 0.6 is 0 Å². The smallest absolute Gasteiger partial charge is 0.394 e. The van der Waals surface area contributed by atoms with Crippen molar-refractivity contribution >= 4 is 5.91 Å². The molecule has 8 heteroatoms. The highest BCUT2D eigenvalue weighted by atomic mass is 19.4. The highest BCUT2D eigenvalue weighted by molar-refractivity contribution is 5.94. The zero-order chi connectivity index (χ0) is 18.9. The number of β-amino-alcohol motifs (C(OH)–C–C–N with tert-alkyl or cyclic N) is 1. The molecule has 26 heavy (non-hydrogen) atoms. The molecule has 2 aromatic rings. The summed E-state index contributed by atoms with van der Waals surface area (Å²) in [4.78, 5) is 18.0. The number of carbonyl (C=O) groups excluding carboxylic acids is 1. The Balaban J connectivity index is 1.91. The van der Waals surface area contributed by atoms with Gasteiger partial charge in [0, 0.05) is 12.7 Å². The van der Waals surface area contributed by atoms with Crippen LogP contribution in [0.3, 0.4) is 0 Å². The highest BCUT2D eigenvalue weighted by Gasteiger charge is 2.35. The number of rotatable bonds is 3. The Labute approximate surface area is 147 Å². The van der Waals surface area contributed by atoms with Gasteiger partial charge in [-0.3, -0.25) is 9.78 Å². The van der Waals surface area contributed by atoms with Crippen LogP contribution in [0.4, 0.5) is 13.2 Å². The summed E-state index contributed by atoms with van der Waals surface area (Å²) in [6.45, 7) is -0.199. The maximum absolute atomic E-state index is 12.9. The van der Waals surface area contributed by atoms with Crippen LogP contribution in [-0.2, 0) is 6.18 Å². The van der Waals surface area contributed by atoms with E-state index in [1.54, 1.807) is 0 Å². The monoisotopic (exact) mass is 366 g/mol. The molecular weight excluding hydrogens is 349 g/mol. The number of aliphatic hydroxyl groups is 2. The molecule has 1 aromatic carbocycles. The molecule has 5 nitrogen and oxygen atoms in total. The van der Waals surface area contributed by atoms with E-state index in [0.29, 0.717) is 11.1 Å². The van der Waals surface area contributed by atoms with Crippen molar-refractivity contribution < 1.29 is 28.2 Å². The summed E-state index contributed by atoms with van der Waals surface area (Å²) in [5.41, 5.74) is 0.0151. The largest absolute Gasteiger partial charge is 0.416 e. The predicted molar refractivity (Wildman–Crippen MR) is 87.2 cm³/mol. The van der Waals surface area contributed by atoms with Crippen LogP contribution in [0.25, 0.3) is 11.1 Å². The number of alkyl halides is 3. The predicted octanol–water partition coefficient (Wildman–Crippen LogP) is 2.34. The van der Waals surface area contributed by atoms with E-state index in [1.807, 2.05) is 0 Å². The summed E-state index contributed by atoms with van der Waals surface area (Å²) in [7, 11) is 0. The molecule has 2 atom stereocenters. The van der Waals surface area contributed by atoms with Crippen molar-refractivity contribution in [2.45, 2.75) is 24.7 Å². The maximum atomic E-state index is 12.9. The Bertz CT molecular complexity index is 810. The van der Waals surface area contributed by atoms with Gasteiger partial charge in [0.05, 0.1) is 24.3 Å². The normalized spacial score (nSPS) is 20.4.